The number of rotatable bonds is 3. The normalized spacial score (nSPS) is 37.7. The highest BCUT2D eigenvalue weighted by Crippen LogP contribution is 2.61. The Labute approximate surface area is 149 Å². The highest BCUT2D eigenvalue weighted by atomic mass is 16.2. The summed E-state index contributed by atoms with van der Waals surface area (Å²) >= 11 is 0. The van der Waals surface area contributed by atoms with Crippen LogP contribution in [-0.2, 0) is 14.4 Å². The Hall–Kier alpha value is -1.59. The van der Waals surface area contributed by atoms with Crippen LogP contribution in [0.5, 0.6) is 0 Å². The van der Waals surface area contributed by atoms with Gasteiger partial charge in [0.05, 0.1) is 0 Å². The predicted octanol–water partition coefficient (Wildman–Crippen LogP) is 1.01. The highest BCUT2D eigenvalue weighted by molar-refractivity contribution is 6.35. The minimum atomic E-state index is -0.470. The largest absolute Gasteiger partial charge is 0.345 e. The molecule has 0 aromatic carbocycles. The Morgan fingerprint density at radius 1 is 1.00 bits per heavy atom. The van der Waals surface area contributed by atoms with Crippen molar-refractivity contribution in [2.24, 2.45) is 23.2 Å². The molecule has 5 rings (SSSR count). The molecule has 0 spiro atoms. The average Bonchev–Trinajstić information content (AvgIpc) is 2.60. The van der Waals surface area contributed by atoms with Gasteiger partial charge in [-0.1, -0.05) is 0 Å². The first-order valence-corrected chi connectivity index (χ1v) is 9.78. The van der Waals surface area contributed by atoms with Crippen molar-refractivity contribution >= 4 is 18.2 Å². The molecule has 1 aliphatic heterocycles. The van der Waals surface area contributed by atoms with Crippen molar-refractivity contribution in [1.29, 1.82) is 0 Å². The first-order valence-electron chi connectivity index (χ1n) is 9.78. The lowest BCUT2D eigenvalue weighted by Gasteiger charge is -2.59. The van der Waals surface area contributed by atoms with E-state index < -0.39 is 11.8 Å². The van der Waals surface area contributed by atoms with Gasteiger partial charge in [0, 0.05) is 32.2 Å². The summed E-state index contributed by atoms with van der Waals surface area (Å²) < 4.78 is 0. The number of carbonyl (C=O) groups is 3. The van der Waals surface area contributed by atoms with Crippen LogP contribution in [-0.4, -0.2) is 60.2 Å². The molecule has 0 aromatic rings. The van der Waals surface area contributed by atoms with E-state index >= 15 is 0 Å². The molecule has 6 nitrogen and oxygen atoms in total. The van der Waals surface area contributed by atoms with Gasteiger partial charge in [-0.15, -0.1) is 0 Å². The van der Waals surface area contributed by atoms with Crippen LogP contribution in [0.15, 0.2) is 0 Å². The van der Waals surface area contributed by atoms with Gasteiger partial charge in [0.2, 0.25) is 6.41 Å². The van der Waals surface area contributed by atoms with Crippen LogP contribution in [0, 0.1) is 23.2 Å². The highest BCUT2D eigenvalue weighted by Gasteiger charge is 2.53. The van der Waals surface area contributed by atoms with E-state index in [0.717, 1.165) is 24.2 Å². The second-order valence-corrected chi connectivity index (χ2v) is 8.91. The maximum atomic E-state index is 12.5. The zero-order chi connectivity index (χ0) is 17.6. The van der Waals surface area contributed by atoms with Crippen LogP contribution < -0.4 is 5.32 Å². The quantitative estimate of drug-likeness (QED) is 0.612. The summed E-state index contributed by atoms with van der Waals surface area (Å²) in [5.74, 6) is 1.58. The summed E-state index contributed by atoms with van der Waals surface area (Å²) in [5, 5.41) is 3.05. The van der Waals surface area contributed by atoms with E-state index in [9.17, 15) is 14.4 Å². The molecule has 0 aromatic heterocycles. The maximum Gasteiger partial charge on any atom is 0.312 e. The monoisotopic (exact) mass is 347 g/mol. The maximum absolute atomic E-state index is 12.5. The Morgan fingerprint density at radius 2 is 1.52 bits per heavy atom. The lowest BCUT2D eigenvalue weighted by molar-refractivity contribution is -0.149. The van der Waals surface area contributed by atoms with Crippen LogP contribution in [0.1, 0.15) is 45.4 Å². The van der Waals surface area contributed by atoms with Crippen molar-refractivity contribution in [3.63, 3.8) is 0 Å². The van der Waals surface area contributed by atoms with E-state index in [2.05, 4.69) is 12.2 Å². The molecular formula is C19H29N3O3. The molecule has 5 fully saturated rings. The van der Waals surface area contributed by atoms with Gasteiger partial charge in [0.15, 0.2) is 0 Å². The third-order valence-electron chi connectivity index (χ3n) is 7.30. The minimum Gasteiger partial charge on any atom is -0.345 e. The SMILES string of the molecule is CC(NC(=O)C(=O)N1CCN(C=O)CC1)C12CC3CC(CC(C3)C1)C2. The molecule has 4 bridgehead atoms. The van der Waals surface area contributed by atoms with E-state index in [0.29, 0.717) is 26.2 Å². The second-order valence-electron chi connectivity index (χ2n) is 8.91. The molecular weight excluding hydrogens is 318 g/mol. The lowest BCUT2D eigenvalue weighted by atomic mass is 9.48. The molecule has 6 heteroatoms. The first-order chi connectivity index (χ1) is 12.0. The van der Waals surface area contributed by atoms with E-state index in [4.69, 9.17) is 0 Å². The summed E-state index contributed by atoms with van der Waals surface area (Å²) in [5.41, 5.74) is 0.209. The van der Waals surface area contributed by atoms with Gasteiger partial charge in [0.25, 0.3) is 0 Å². The van der Waals surface area contributed by atoms with Crippen molar-refractivity contribution in [2.75, 3.05) is 26.2 Å². The number of hydrogen-bond donors (Lipinski definition) is 1. The number of carbonyl (C=O) groups excluding carboxylic acids is 3. The number of amides is 3. The van der Waals surface area contributed by atoms with Gasteiger partial charge in [-0.3, -0.25) is 14.4 Å². The fraction of sp³-hybridized carbons (Fsp3) is 0.842. The fourth-order valence-corrected chi connectivity index (χ4v) is 6.29. The van der Waals surface area contributed by atoms with Gasteiger partial charge < -0.3 is 15.1 Å². The Morgan fingerprint density at radius 3 is 2.00 bits per heavy atom. The second kappa shape index (κ2) is 6.29. The van der Waals surface area contributed by atoms with Crippen molar-refractivity contribution in [3.8, 4) is 0 Å². The predicted molar refractivity (Wildman–Crippen MR) is 92.4 cm³/mol. The van der Waals surface area contributed by atoms with Crippen LogP contribution in [0.25, 0.3) is 0 Å². The van der Waals surface area contributed by atoms with Gasteiger partial charge in [0.1, 0.15) is 0 Å². The number of hydrogen-bond acceptors (Lipinski definition) is 3. The summed E-state index contributed by atoms with van der Waals surface area (Å²) in [6, 6.07) is 0.0635. The Balaban J connectivity index is 1.36. The molecule has 1 atom stereocenters. The number of piperazine rings is 1. The fourth-order valence-electron chi connectivity index (χ4n) is 6.29. The zero-order valence-electron chi connectivity index (χ0n) is 15.1. The van der Waals surface area contributed by atoms with E-state index in [1.54, 1.807) is 9.80 Å². The van der Waals surface area contributed by atoms with E-state index in [1.807, 2.05) is 0 Å². The molecule has 25 heavy (non-hydrogen) atoms. The van der Waals surface area contributed by atoms with E-state index in [-0.39, 0.29) is 11.5 Å². The van der Waals surface area contributed by atoms with Gasteiger partial charge in [-0.05, 0) is 68.6 Å². The van der Waals surface area contributed by atoms with Gasteiger partial charge in [-0.2, -0.15) is 0 Å². The van der Waals surface area contributed by atoms with Crippen LogP contribution >= 0.6 is 0 Å². The molecule has 3 amide bonds. The molecule has 1 N–H and O–H groups in total. The molecule has 0 radical (unpaired) electrons. The van der Waals surface area contributed by atoms with Gasteiger partial charge >= 0.3 is 11.8 Å². The molecule has 1 saturated heterocycles. The van der Waals surface area contributed by atoms with Crippen LogP contribution in [0.3, 0.4) is 0 Å². The Bertz CT molecular complexity index is 533. The molecule has 1 heterocycles. The standard InChI is InChI=1S/C19H29N3O3/c1-13(19-9-14-6-15(10-19)8-16(7-14)11-19)20-17(24)18(25)22-4-2-21(12-23)3-5-22/h12-16H,2-11H2,1H3,(H,20,24). The van der Waals surface area contributed by atoms with Crippen LogP contribution in [0.2, 0.25) is 0 Å². The topological polar surface area (TPSA) is 69.7 Å². The summed E-state index contributed by atoms with van der Waals surface area (Å²) in [4.78, 5) is 38.9. The van der Waals surface area contributed by atoms with Crippen molar-refractivity contribution in [2.45, 2.75) is 51.5 Å². The summed E-state index contributed by atoms with van der Waals surface area (Å²) in [7, 11) is 0. The number of nitrogens with one attached hydrogen (secondary N) is 1. The van der Waals surface area contributed by atoms with E-state index in [1.165, 1.54) is 38.5 Å². The third-order valence-corrected chi connectivity index (χ3v) is 7.30. The first kappa shape index (κ1) is 16.9. The third kappa shape index (κ3) is 3.04. The molecule has 1 unspecified atom stereocenters. The molecule has 138 valence electrons. The summed E-state index contributed by atoms with van der Waals surface area (Å²) in [6.07, 6.45) is 8.57. The van der Waals surface area contributed by atoms with Crippen molar-refractivity contribution in [1.82, 2.24) is 15.1 Å². The van der Waals surface area contributed by atoms with Crippen molar-refractivity contribution < 1.29 is 14.4 Å². The average molecular weight is 347 g/mol. The number of nitrogens with zero attached hydrogens (tertiary/aromatic N) is 2. The van der Waals surface area contributed by atoms with Gasteiger partial charge in [-0.25, -0.2) is 0 Å². The van der Waals surface area contributed by atoms with Crippen molar-refractivity contribution in [3.05, 3.63) is 0 Å². The summed E-state index contributed by atoms with van der Waals surface area (Å²) in [6.45, 7) is 4.00. The molecule has 5 aliphatic rings. The minimum absolute atomic E-state index is 0.0635. The Kier molecular flexibility index (Phi) is 4.24. The smallest absolute Gasteiger partial charge is 0.312 e. The lowest BCUT2D eigenvalue weighted by Crippen LogP contribution is -2.58. The molecule has 4 aliphatic carbocycles. The van der Waals surface area contributed by atoms with Crippen LogP contribution in [0.4, 0.5) is 0 Å². The zero-order valence-corrected chi connectivity index (χ0v) is 15.1. The molecule has 4 saturated carbocycles.